The fourth-order valence-electron chi connectivity index (χ4n) is 1.49. The molecule has 0 saturated heterocycles. The van der Waals surface area contributed by atoms with Gasteiger partial charge in [-0.05, 0) is 30.0 Å². The highest BCUT2D eigenvalue weighted by Gasteiger charge is 2.10. The summed E-state index contributed by atoms with van der Waals surface area (Å²) in [7, 11) is 0. The van der Waals surface area contributed by atoms with Gasteiger partial charge in [0.25, 0.3) is 0 Å². The van der Waals surface area contributed by atoms with Crippen molar-refractivity contribution in [2.45, 2.75) is 45.4 Å². The predicted molar refractivity (Wildman–Crippen MR) is 86.4 cm³/mol. The molecule has 0 bridgehead atoms. The molecule has 112 valence electrons. The molecule has 3 heteroatoms. The molecule has 2 atom stereocenters. The Morgan fingerprint density at radius 3 is 2.55 bits per heavy atom. The first kappa shape index (κ1) is 17.1. The van der Waals surface area contributed by atoms with Crippen LogP contribution in [-0.2, 0) is 4.74 Å². The number of hydrogen-bond donors (Lipinski definition) is 0. The van der Waals surface area contributed by atoms with Crippen LogP contribution in [0.2, 0.25) is 0 Å². The Bertz CT molecular complexity index is 417. The maximum atomic E-state index is 12.0. The molecule has 0 aliphatic rings. The molecule has 0 heterocycles. The summed E-state index contributed by atoms with van der Waals surface area (Å²) in [6.45, 7) is 9.14. The maximum absolute atomic E-state index is 12.0. The van der Waals surface area contributed by atoms with Gasteiger partial charge >= 0.3 is 5.97 Å². The summed E-state index contributed by atoms with van der Waals surface area (Å²) < 4.78 is 5.33. The summed E-state index contributed by atoms with van der Waals surface area (Å²) in [6, 6.07) is 7.75. The second-order valence-corrected chi connectivity index (χ2v) is 6.56. The quantitative estimate of drug-likeness (QED) is 0.497. The molecule has 1 rings (SSSR count). The Kier molecular flexibility index (Phi) is 7.75. The Hall–Kier alpha value is -0.960. The summed E-state index contributed by atoms with van der Waals surface area (Å²) in [5.41, 5.74) is 0.655. The predicted octanol–water partition coefficient (Wildman–Crippen LogP) is 5.03. The smallest absolute Gasteiger partial charge is 0.338 e. The summed E-state index contributed by atoms with van der Waals surface area (Å²) in [4.78, 5) is 13.1. The van der Waals surface area contributed by atoms with Gasteiger partial charge < -0.3 is 4.74 Å². The fourth-order valence-corrected chi connectivity index (χ4v) is 2.59. The van der Waals surface area contributed by atoms with Gasteiger partial charge in [-0.25, -0.2) is 4.79 Å². The van der Waals surface area contributed by atoms with Crippen LogP contribution >= 0.6 is 11.8 Å². The van der Waals surface area contributed by atoms with E-state index in [0.29, 0.717) is 24.0 Å². The van der Waals surface area contributed by atoms with Crippen molar-refractivity contribution < 1.29 is 9.53 Å². The highest BCUT2D eigenvalue weighted by atomic mass is 32.2. The Balaban J connectivity index is 2.56. The third kappa shape index (κ3) is 6.00. The van der Waals surface area contributed by atoms with Crippen LogP contribution in [0.25, 0.3) is 0 Å². The van der Waals surface area contributed by atoms with Gasteiger partial charge in [0.05, 0.1) is 12.2 Å². The first-order valence-corrected chi connectivity index (χ1v) is 8.45. The molecule has 2 unspecified atom stereocenters. The van der Waals surface area contributed by atoms with Crippen molar-refractivity contribution in [2.24, 2.45) is 11.8 Å². The van der Waals surface area contributed by atoms with Crippen molar-refractivity contribution in [2.75, 3.05) is 12.4 Å². The minimum atomic E-state index is -0.212. The van der Waals surface area contributed by atoms with Gasteiger partial charge in [-0.1, -0.05) is 46.6 Å². The number of thioether (sulfide) groups is 1. The van der Waals surface area contributed by atoms with Gasteiger partial charge in [-0.2, -0.15) is 0 Å². The Labute approximate surface area is 127 Å². The Morgan fingerprint density at radius 2 is 1.90 bits per heavy atom. The van der Waals surface area contributed by atoms with E-state index in [2.05, 4.69) is 33.8 Å². The number of rotatable bonds is 8. The fraction of sp³-hybridized carbons (Fsp3) is 0.588. The van der Waals surface area contributed by atoms with E-state index in [1.807, 2.05) is 18.2 Å². The van der Waals surface area contributed by atoms with Crippen LogP contribution < -0.4 is 0 Å². The normalized spacial score (nSPS) is 13.8. The number of esters is 1. The molecule has 0 spiro atoms. The van der Waals surface area contributed by atoms with E-state index in [4.69, 9.17) is 4.74 Å². The second-order valence-electron chi connectivity index (χ2n) is 5.46. The van der Waals surface area contributed by atoms with Crippen LogP contribution in [0, 0.1) is 11.8 Å². The van der Waals surface area contributed by atoms with E-state index in [-0.39, 0.29) is 5.97 Å². The van der Waals surface area contributed by atoms with E-state index in [0.717, 1.165) is 17.1 Å². The van der Waals surface area contributed by atoms with Crippen molar-refractivity contribution in [1.29, 1.82) is 0 Å². The van der Waals surface area contributed by atoms with Crippen molar-refractivity contribution >= 4 is 17.7 Å². The largest absolute Gasteiger partial charge is 0.462 e. The number of benzene rings is 1. The van der Waals surface area contributed by atoms with Crippen molar-refractivity contribution in [3.05, 3.63) is 29.8 Å². The molecular formula is C17H26O2S. The number of carbonyl (C=O) groups excluding carboxylic acids is 1. The lowest BCUT2D eigenvalue weighted by Gasteiger charge is -2.11. The molecule has 1 aromatic rings. The highest BCUT2D eigenvalue weighted by Crippen LogP contribution is 2.23. The lowest BCUT2D eigenvalue weighted by molar-refractivity contribution is 0.0447. The highest BCUT2D eigenvalue weighted by molar-refractivity contribution is 7.99. The third-order valence-corrected chi connectivity index (χ3v) is 4.82. The lowest BCUT2D eigenvalue weighted by Crippen LogP contribution is -2.11. The molecular weight excluding hydrogens is 268 g/mol. The zero-order valence-electron chi connectivity index (χ0n) is 13.0. The van der Waals surface area contributed by atoms with Crippen LogP contribution in [0.5, 0.6) is 0 Å². The minimum absolute atomic E-state index is 0.212. The molecule has 2 nitrogen and oxygen atoms in total. The SMILES string of the molecule is CCC(C)COC(=O)c1cccc(SCC(C)CC)c1. The minimum Gasteiger partial charge on any atom is -0.462 e. The first-order chi connectivity index (χ1) is 9.56. The lowest BCUT2D eigenvalue weighted by atomic mass is 10.1. The van der Waals surface area contributed by atoms with Gasteiger partial charge in [0.15, 0.2) is 0 Å². The maximum Gasteiger partial charge on any atom is 0.338 e. The van der Waals surface area contributed by atoms with Crippen LogP contribution in [0.1, 0.15) is 50.9 Å². The molecule has 20 heavy (non-hydrogen) atoms. The van der Waals surface area contributed by atoms with Gasteiger partial charge in [-0.15, -0.1) is 11.8 Å². The molecule has 0 radical (unpaired) electrons. The molecule has 0 aliphatic heterocycles. The van der Waals surface area contributed by atoms with E-state index in [1.54, 1.807) is 11.8 Å². The van der Waals surface area contributed by atoms with Crippen LogP contribution in [0.3, 0.4) is 0 Å². The van der Waals surface area contributed by atoms with E-state index >= 15 is 0 Å². The average Bonchev–Trinajstić information content (AvgIpc) is 2.49. The van der Waals surface area contributed by atoms with E-state index in [9.17, 15) is 4.79 Å². The average molecular weight is 294 g/mol. The topological polar surface area (TPSA) is 26.3 Å². The van der Waals surface area contributed by atoms with Crippen molar-refractivity contribution in [1.82, 2.24) is 0 Å². The zero-order valence-corrected chi connectivity index (χ0v) is 13.8. The van der Waals surface area contributed by atoms with E-state index < -0.39 is 0 Å². The van der Waals surface area contributed by atoms with Crippen LogP contribution in [0.4, 0.5) is 0 Å². The van der Waals surface area contributed by atoms with Gasteiger partial charge in [-0.3, -0.25) is 0 Å². The van der Waals surface area contributed by atoms with Crippen LogP contribution in [0.15, 0.2) is 29.2 Å². The van der Waals surface area contributed by atoms with Crippen molar-refractivity contribution in [3.8, 4) is 0 Å². The summed E-state index contributed by atoms with van der Waals surface area (Å²) in [6.07, 6.45) is 2.21. The Morgan fingerprint density at radius 1 is 1.20 bits per heavy atom. The van der Waals surface area contributed by atoms with Crippen molar-refractivity contribution in [3.63, 3.8) is 0 Å². The second kappa shape index (κ2) is 9.06. The molecule has 1 aromatic carbocycles. The molecule has 0 N–H and O–H groups in total. The molecule has 0 fully saturated rings. The molecule has 0 saturated carbocycles. The first-order valence-electron chi connectivity index (χ1n) is 7.46. The van der Waals surface area contributed by atoms with Gasteiger partial charge in [0.1, 0.15) is 0 Å². The van der Waals surface area contributed by atoms with E-state index in [1.165, 1.54) is 6.42 Å². The zero-order chi connectivity index (χ0) is 15.0. The van der Waals surface area contributed by atoms with Gasteiger partial charge in [0.2, 0.25) is 0 Å². The summed E-state index contributed by atoms with van der Waals surface area (Å²) in [5.74, 6) is 1.99. The summed E-state index contributed by atoms with van der Waals surface area (Å²) >= 11 is 1.81. The standard InChI is InChI=1S/C17H26O2S/c1-5-13(3)11-19-17(18)15-8-7-9-16(10-15)20-12-14(4)6-2/h7-10,13-14H,5-6,11-12H2,1-4H3. The molecule has 0 amide bonds. The molecule has 0 aromatic heterocycles. The van der Waals surface area contributed by atoms with Gasteiger partial charge in [0, 0.05) is 10.6 Å². The monoisotopic (exact) mass is 294 g/mol. The number of ether oxygens (including phenoxy) is 1. The number of carbonyl (C=O) groups is 1. The summed E-state index contributed by atoms with van der Waals surface area (Å²) in [5, 5.41) is 0. The molecule has 0 aliphatic carbocycles. The van der Waals surface area contributed by atoms with Crippen LogP contribution in [-0.4, -0.2) is 18.3 Å². The third-order valence-electron chi connectivity index (χ3n) is 3.50. The number of hydrogen-bond acceptors (Lipinski definition) is 3.